The number of hydrogen-bond donors (Lipinski definition) is 1. The van der Waals surface area contributed by atoms with Gasteiger partial charge in [-0.3, -0.25) is 14.6 Å². The first-order valence-corrected chi connectivity index (χ1v) is 13.5. The number of carbonyl (C=O) groups is 2. The summed E-state index contributed by atoms with van der Waals surface area (Å²) in [5, 5.41) is 3.30. The second kappa shape index (κ2) is 13.8. The highest BCUT2D eigenvalue weighted by molar-refractivity contribution is 6.35. The molecule has 1 atom stereocenters. The van der Waals surface area contributed by atoms with Crippen LogP contribution in [0.5, 0.6) is 11.5 Å². The molecule has 1 saturated carbocycles. The molecule has 1 aliphatic carbocycles. The molecular weight excluding hydrogens is 565 g/mol. The fraction of sp³-hybridized carbons (Fsp3) is 0.345. The van der Waals surface area contributed by atoms with E-state index in [2.05, 4.69) is 15.0 Å². The highest BCUT2D eigenvalue weighted by Gasteiger charge is 2.25. The van der Waals surface area contributed by atoms with Crippen LogP contribution in [-0.4, -0.2) is 30.1 Å². The molecule has 3 aromatic rings. The number of amides is 1. The minimum absolute atomic E-state index is 0.0748. The number of nitrogens with zero attached hydrogens (tertiary/aromatic N) is 1. The highest BCUT2D eigenvalue weighted by Crippen LogP contribution is 2.38. The third kappa shape index (κ3) is 8.79. The molecule has 212 valence electrons. The van der Waals surface area contributed by atoms with E-state index >= 15 is 0 Å². The van der Waals surface area contributed by atoms with Gasteiger partial charge in [0.25, 0.3) is 0 Å². The average Bonchev–Trinajstić information content (AvgIpc) is 3.73. The van der Waals surface area contributed by atoms with E-state index in [9.17, 15) is 18.4 Å². The zero-order valence-corrected chi connectivity index (χ0v) is 23.2. The summed E-state index contributed by atoms with van der Waals surface area (Å²) in [4.78, 5) is 28.2. The predicted octanol–water partition coefficient (Wildman–Crippen LogP) is 7.20. The van der Waals surface area contributed by atoms with E-state index in [-0.39, 0.29) is 30.2 Å². The maximum atomic E-state index is 13.0. The van der Waals surface area contributed by atoms with Crippen molar-refractivity contribution in [2.24, 2.45) is 5.92 Å². The highest BCUT2D eigenvalue weighted by atomic mass is 35.5. The lowest BCUT2D eigenvalue weighted by Gasteiger charge is -2.21. The number of pyridine rings is 1. The van der Waals surface area contributed by atoms with Crippen LogP contribution in [0, 0.1) is 5.92 Å². The number of esters is 1. The smallest absolute Gasteiger partial charge is 0.387 e. The summed E-state index contributed by atoms with van der Waals surface area (Å²) in [5.74, 6) is -0.250. The van der Waals surface area contributed by atoms with Crippen LogP contribution < -0.4 is 14.8 Å². The Balaban J connectivity index is 1.53. The van der Waals surface area contributed by atoms with Gasteiger partial charge in [-0.15, -0.1) is 0 Å². The Morgan fingerprint density at radius 3 is 2.38 bits per heavy atom. The first-order chi connectivity index (χ1) is 19.2. The molecule has 11 heteroatoms. The van der Waals surface area contributed by atoms with Crippen molar-refractivity contribution in [3.63, 3.8) is 0 Å². The molecule has 0 radical (unpaired) electrons. The zero-order chi connectivity index (χ0) is 28.6. The number of hydrogen-bond acceptors (Lipinski definition) is 6. The summed E-state index contributed by atoms with van der Waals surface area (Å²) < 4.78 is 42.4. The van der Waals surface area contributed by atoms with Gasteiger partial charge in [0.05, 0.1) is 16.7 Å². The Bertz CT molecular complexity index is 1320. The Kier molecular flexibility index (Phi) is 10.2. The molecule has 0 saturated heterocycles. The van der Waals surface area contributed by atoms with Gasteiger partial charge < -0.3 is 19.5 Å². The number of anilines is 1. The maximum absolute atomic E-state index is 13.0. The van der Waals surface area contributed by atoms with Gasteiger partial charge >= 0.3 is 12.6 Å². The molecule has 0 spiro atoms. The van der Waals surface area contributed by atoms with Crippen molar-refractivity contribution in [3.8, 4) is 11.5 Å². The van der Waals surface area contributed by atoms with Crippen LogP contribution in [0.4, 0.5) is 14.5 Å². The number of carbonyl (C=O) groups excluding carboxylic acids is 2. The number of benzene rings is 2. The second-order valence-corrected chi connectivity index (χ2v) is 10.3. The summed E-state index contributed by atoms with van der Waals surface area (Å²) in [7, 11) is 0. The minimum Gasteiger partial charge on any atom is -0.489 e. The third-order valence-electron chi connectivity index (χ3n) is 6.23. The van der Waals surface area contributed by atoms with Crippen molar-refractivity contribution in [1.29, 1.82) is 0 Å². The Labute approximate surface area is 240 Å². The van der Waals surface area contributed by atoms with Gasteiger partial charge in [0, 0.05) is 37.8 Å². The molecule has 1 fully saturated rings. The topological polar surface area (TPSA) is 86.8 Å². The number of halogens is 4. The number of aromatic nitrogens is 1. The fourth-order valence-electron chi connectivity index (χ4n) is 3.99. The molecule has 2 aromatic carbocycles. The molecular formula is C29H28Cl2F2N2O5. The van der Waals surface area contributed by atoms with Crippen molar-refractivity contribution in [3.05, 3.63) is 81.6 Å². The Morgan fingerprint density at radius 1 is 1.05 bits per heavy atom. The van der Waals surface area contributed by atoms with Crippen molar-refractivity contribution >= 4 is 40.8 Å². The predicted molar refractivity (Wildman–Crippen MR) is 147 cm³/mol. The SMILES string of the molecule is CC(=O)Nc1ccc(CCC(=O)OC(Cc2c(Cl)cncc2Cl)c2ccc(OC(F)F)c(OCC3CC3)c2)cc1. The molecule has 1 aliphatic rings. The van der Waals surface area contributed by atoms with E-state index in [1.807, 2.05) is 12.1 Å². The summed E-state index contributed by atoms with van der Waals surface area (Å²) in [5.41, 5.74) is 2.57. The van der Waals surface area contributed by atoms with Crippen molar-refractivity contribution < 1.29 is 32.6 Å². The van der Waals surface area contributed by atoms with Crippen LogP contribution in [0.15, 0.2) is 54.9 Å². The lowest BCUT2D eigenvalue weighted by Crippen LogP contribution is -2.15. The molecule has 0 aliphatic heterocycles. The third-order valence-corrected chi connectivity index (χ3v) is 6.89. The molecule has 1 heterocycles. The van der Waals surface area contributed by atoms with E-state index in [0.717, 1.165) is 18.4 Å². The standard InChI is InChI=1S/C29H28Cl2F2N2O5/c1-17(36)35-21-8-4-18(5-9-21)6-11-28(37)39-26(13-22-23(30)14-34-15-24(22)31)20-7-10-25(40-29(32)33)27(12-20)38-16-19-2-3-19/h4-5,7-10,12,14-15,19,26,29H,2-3,6,11,13,16H2,1H3,(H,35,36). The summed E-state index contributed by atoms with van der Waals surface area (Å²) >= 11 is 12.7. The van der Waals surface area contributed by atoms with Gasteiger partial charge in [0.2, 0.25) is 5.91 Å². The Morgan fingerprint density at radius 2 is 1.75 bits per heavy atom. The number of ether oxygens (including phenoxy) is 3. The van der Waals surface area contributed by atoms with E-state index in [1.165, 1.54) is 25.4 Å². The summed E-state index contributed by atoms with van der Waals surface area (Å²) in [6.07, 6.45) is 4.65. The number of rotatable bonds is 13. The van der Waals surface area contributed by atoms with Gasteiger partial charge in [-0.1, -0.05) is 41.4 Å². The number of alkyl halides is 2. The van der Waals surface area contributed by atoms with Crippen LogP contribution >= 0.6 is 23.2 Å². The van der Waals surface area contributed by atoms with Gasteiger partial charge in [0.1, 0.15) is 6.10 Å². The summed E-state index contributed by atoms with van der Waals surface area (Å²) in [6, 6.07) is 11.6. The monoisotopic (exact) mass is 592 g/mol. The molecule has 1 unspecified atom stereocenters. The molecule has 1 amide bonds. The van der Waals surface area contributed by atoms with Crippen LogP contribution in [-0.2, 0) is 27.2 Å². The van der Waals surface area contributed by atoms with Crippen LogP contribution in [0.1, 0.15) is 49.0 Å². The van der Waals surface area contributed by atoms with Crippen molar-refractivity contribution in [2.45, 2.75) is 51.7 Å². The lowest BCUT2D eigenvalue weighted by molar-refractivity contribution is -0.149. The minimum atomic E-state index is -3.02. The van der Waals surface area contributed by atoms with E-state index in [4.69, 9.17) is 32.7 Å². The van der Waals surface area contributed by atoms with Gasteiger partial charge in [-0.25, -0.2) is 0 Å². The largest absolute Gasteiger partial charge is 0.489 e. The quantitative estimate of drug-likeness (QED) is 0.211. The van der Waals surface area contributed by atoms with Crippen LogP contribution in [0.3, 0.4) is 0 Å². The van der Waals surface area contributed by atoms with Gasteiger partial charge in [-0.2, -0.15) is 8.78 Å². The van der Waals surface area contributed by atoms with Crippen LogP contribution in [0.2, 0.25) is 10.0 Å². The molecule has 7 nitrogen and oxygen atoms in total. The Hall–Kier alpha value is -3.43. The first kappa shape index (κ1) is 29.6. The lowest BCUT2D eigenvalue weighted by atomic mass is 10.0. The zero-order valence-electron chi connectivity index (χ0n) is 21.7. The van der Waals surface area contributed by atoms with E-state index < -0.39 is 18.7 Å². The average molecular weight is 593 g/mol. The molecule has 4 rings (SSSR count). The fourth-order valence-corrected chi connectivity index (χ4v) is 4.51. The first-order valence-electron chi connectivity index (χ1n) is 12.7. The van der Waals surface area contributed by atoms with Crippen molar-refractivity contribution in [2.75, 3.05) is 11.9 Å². The molecule has 40 heavy (non-hydrogen) atoms. The summed E-state index contributed by atoms with van der Waals surface area (Å²) in [6.45, 7) is -1.23. The second-order valence-electron chi connectivity index (χ2n) is 9.48. The van der Waals surface area contributed by atoms with Crippen molar-refractivity contribution in [1.82, 2.24) is 4.98 Å². The number of aryl methyl sites for hydroxylation is 1. The van der Waals surface area contributed by atoms with E-state index in [1.54, 1.807) is 24.3 Å². The van der Waals surface area contributed by atoms with Crippen LogP contribution in [0.25, 0.3) is 0 Å². The molecule has 1 aromatic heterocycles. The van der Waals surface area contributed by atoms with Gasteiger partial charge in [0.15, 0.2) is 11.5 Å². The van der Waals surface area contributed by atoms with Gasteiger partial charge in [-0.05, 0) is 66.1 Å². The molecule has 0 bridgehead atoms. The normalized spacial score (nSPS) is 13.6. The number of nitrogens with one attached hydrogen (secondary N) is 1. The molecule has 1 N–H and O–H groups in total. The van der Waals surface area contributed by atoms with E-state index in [0.29, 0.717) is 45.8 Å². The maximum Gasteiger partial charge on any atom is 0.387 e.